The standard InChI is InChI=1S/C10H17FO3/c1-5-6(2)9(14-8(4)12)10(11)13-7(5)3/h5-7,9-10H,1-4H3/t5-,6?,7+,9?,10-/m1/s1. The van der Waals surface area contributed by atoms with Gasteiger partial charge < -0.3 is 9.47 Å². The minimum Gasteiger partial charge on any atom is -0.457 e. The van der Waals surface area contributed by atoms with Crippen molar-refractivity contribution in [3.05, 3.63) is 0 Å². The molecule has 1 fully saturated rings. The number of alkyl halides is 1. The van der Waals surface area contributed by atoms with Crippen LogP contribution in [0.25, 0.3) is 0 Å². The predicted octanol–water partition coefficient (Wildman–Crippen LogP) is 1.90. The molecule has 0 amide bonds. The Morgan fingerprint density at radius 3 is 2.36 bits per heavy atom. The van der Waals surface area contributed by atoms with Gasteiger partial charge in [0, 0.05) is 12.8 Å². The molecule has 1 saturated heterocycles. The molecule has 1 heterocycles. The number of hydrogen-bond donors (Lipinski definition) is 0. The zero-order valence-electron chi connectivity index (χ0n) is 8.99. The van der Waals surface area contributed by atoms with Gasteiger partial charge in [-0.3, -0.25) is 4.79 Å². The van der Waals surface area contributed by atoms with Crippen molar-refractivity contribution < 1.29 is 18.7 Å². The van der Waals surface area contributed by atoms with Crippen molar-refractivity contribution in [2.24, 2.45) is 11.8 Å². The summed E-state index contributed by atoms with van der Waals surface area (Å²) in [6.45, 7) is 6.96. The number of hydrogen-bond acceptors (Lipinski definition) is 3. The molecule has 4 heteroatoms. The summed E-state index contributed by atoms with van der Waals surface area (Å²) in [4.78, 5) is 10.7. The van der Waals surface area contributed by atoms with Crippen LogP contribution in [-0.4, -0.2) is 24.5 Å². The molecule has 1 aliphatic heterocycles. The molecule has 0 bridgehead atoms. The molecule has 0 aromatic heterocycles. The molecule has 0 radical (unpaired) electrons. The number of rotatable bonds is 1. The predicted molar refractivity (Wildman–Crippen MR) is 49.3 cm³/mol. The van der Waals surface area contributed by atoms with Crippen LogP contribution in [0, 0.1) is 11.8 Å². The third-order valence-corrected chi connectivity index (χ3v) is 2.99. The number of halogens is 1. The third-order valence-electron chi connectivity index (χ3n) is 2.99. The molecular weight excluding hydrogens is 187 g/mol. The Morgan fingerprint density at radius 2 is 1.86 bits per heavy atom. The molecule has 2 unspecified atom stereocenters. The molecule has 0 aliphatic carbocycles. The fourth-order valence-corrected chi connectivity index (χ4v) is 1.72. The smallest absolute Gasteiger partial charge is 0.303 e. The Labute approximate surface area is 83.6 Å². The van der Waals surface area contributed by atoms with Crippen LogP contribution >= 0.6 is 0 Å². The van der Waals surface area contributed by atoms with E-state index in [0.717, 1.165) is 0 Å². The zero-order valence-corrected chi connectivity index (χ0v) is 8.99. The van der Waals surface area contributed by atoms with Gasteiger partial charge in [-0.15, -0.1) is 0 Å². The second-order valence-corrected chi connectivity index (χ2v) is 3.98. The summed E-state index contributed by atoms with van der Waals surface area (Å²) in [6.07, 6.45) is -2.40. The van der Waals surface area contributed by atoms with E-state index in [-0.39, 0.29) is 17.9 Å². The normalized spacial score (nSPS) is 43.4. The van der Waals surface area contributed by atoms with E-state index in [1.54, 1.807) is 0 Å². The van der Waals surface area contributed by atoms with Crippen LogP contribution in [0.15, 0.2) is 0 Å². The van der Waals surface area contributed by atoms with Crippen LogP contribution in [-0.2, 0) is 14.3 Å². The van der Waals surface area contributed by atoms with Gasteiger partial charge in [-0.1, -0.05) is 13.8 Å². The summed E-state index contributed by atoms with van der Waals surface area (Å²) >= 11 is 0. The van der Waals surface area contributed by atoms with Crippen molar-refractivity contribution in [1.29, 1.82) is 0 Å². The van der Waals surface area contributed by atoms with Gasteiger partial charge in [0.1, 0.15) is 0 Å². The SMILES string of the molecule is CC(=O)OC1C(C)[C@@H](C)[C@H](C)O[C@H]1F. The quantitative estimate of drug-likeness (QED) is 0.612. The minimum atomic E-state index is -1.50. The minimum absolute atomic E-state index is 0.0161. The first-order chi connectivity index (χ1) is 6.43. The Kier molecular flexibility index (Phi) is 3.48. The molecule has 0 N–H and O–H groups in total. The number of esters is 1. The van der Waals surface area contributed by atoms with Crippen molar-refractivity contribution >= 4 is 5.97 Å². The highest BCUT2D eigenvalue weighted by Crippen LogP contribution is 2.32. The maximum absolute atomic E-state index is 13.4. The van der Waals surface area contributed by atoms with Gasteiger partial charge in [0.05, 0.1) is 6.10 Å². The molecule has 14 heavy (non-hydrogen) atoms. The van der Waals surface area contributed by atoms with E-state index in [4.69, 9.17) is 9.47 Å². The first-order valence-corrected chi connectivity index (χ1v) is 4.90. The van der Waals surface area contributed by atoms with Crippen molar-refractivity contribution in [2.75, 3.05) is 0 Å². The number of carbonyl (C=O) groups is 1. The van der Waals surface area contributed by atoms with Gasteiger partial charge in [0.25, 0.3) is 0 Å². The summed E-state index contributed by atoms with van der Waals surface area (Å²) < 4.78 is 23.3. The lowest BCUT2D eigenvalue weighted by molar-refractivity contribution is -0.225. The Morgan fingerprint density at radius 1 is 1.29 bits per heavy atom. The van der Waals surface area contributed by atoms with Gasteiger partial charge in [-0.2, -0.15) is 0 Å². The van der Waals surface area contributed by atoms with Crippen molar-refractivity contribution in [3.8, 4) is 0 Å². The van der Waals surface area contributed by atoms with E-state index >= 15 is 0 Å². The topological polar surface area (TPSA) is 35.5 Å². The lowest BCUT2D eigenvalue weighted by Crippen LogP contribution is -2.48. The van der Waals surface area contributed by atoms with Crippen LogP contribution < -0.4 is 0 Å². The molecule has 0 spiro atoms. The van der Waals surface area contributed by atoms with Gasteiger partial charge in [0.15, 0.2) is 6.10 Å². The maximum atomic E-state index is 13.4. The van der Waals surface area contributed by atoms with E-state index in [1.807, 2.05) is 20.8 Å². The molecule has 0 aromatic rings. The van der Waals surface area contributed by atoms with Gasteiger partial charge in [-0.05, 0) is 12.8 Å². The largest absolute Gasteiger partial charge is 0.457 e. The van der Waals surface area contributed by atoms with Crippen LogP contribution in [0.4, 0.5) is 4.39 Å². The van der Waals surface area contributed by atoms with Crippen LogP contribution in [0.2, 0.25) is 0 Å². The molecule has 0 aromatic carbocycles. The van der Waals surface area contributed by atoms with Crippen LogP contribution in [0.1, 0.15) is 27.7 Å². The van der Waals surface area contributed by atoms with E-state index in [2.05, 4.69) is 0 Å². The van der Waals surface area contributed by atoms with E-state index in [1.165, 1.54) is 6.92 Å². The average molecular weight is 204 g/mol. The fourth-order valence-electron chi connectivity index (χ4n) is 1.72. The van der Waals surface area contributed by atoms with Gasteiger partial charge in [0.2, 0.25) is 6.36 Å². The maximum Gasteiger partial charge on any atom is 0.303 e. The molecule has 82 valence electrons. The zero-order chi connectivity index (χ0) is 10.9. The molecule has 0 saturated carbocycles. The number of carbonyl (C=O) groups excluding carboxylic acids is 1. The van der Waals surface area contributed by atoms with Gasteiger partial charge in [-0.25, -0.2) is 4.39 Å². The fraction of sp³-hybridized carbons (Fsp3) is 0.900. The second kappa shape index (κ2) is 4.26. The average Bonchev–Trinajstić information content (AvgIpc) is 2.09. The Hall–Kier alpha value is -0.640. The first kappa shape index (κ1) is 11.4. The second-order valence-electron chi connectivity index (χ2n) is 3.98. The van der Waals surface area contributed by atoms with Gasteiger partial charge >= 0.3 is 5.97 Å². The summed E-state index contributed by atoms with van der Waals surface area (Å²) in [5.74, 6) is -0.293. The molecule has 5 atom stereocenters. The van der Waals surface area contributed by atoms with E-state index in [9.17, 15) is 9.18 Å². The number of ether oxygens (including phenoxy) is 2. The summed E-state index contributed by atoms with van der Waals surface area (Å²) in [5.41, 5.74) is 0. The molecule has 3 nitrogen and oxygen atoms in total. The summed E-state index contributed by atoms with van der Waals surface area (Å²) in [7, 11) is 0. The monoisotopic (exact) mass is 204 g/mol. The van der Waals surface area contributed by atoms with Crippen molar-refractivity contribution in [1.82, 2.24) is 0 Å². The Balaban J connectivity index is 2.68. The highest BCUT2D eigenvalue weighted by Gasteiger charge is 2.41. The highest BCUT2D eigenvalue weighted by molar-refractivity contribution is 5.66. The molecule has 1 rings (SSSR count). The lowest BCUT2D eigenvalue weighted by atomic mass is 9.84. The first-order valence-electron chi connectivity index (χ1n) is 4.90. The molecule has 1 aliphatic rings. The van der Waals surface area contributed by atoms with E-state index in [0.29, 0.717) is 0 Å². The third kappa shape index (κ3) is 2.23. The van der Waals surface area contributed by atoms with E-state index < -0.39 is 18.4 Å². The van der Waals surface area contributed by atoms with Crippen molar-refractivity contribution in [2.45, 2.75) is 46.3 Å². The van der Waals surface area contributed by atoms with Crippen LogP contribution in [0.3, 0.4) is 0 Å². The summed E-state index contributed by atoms with van der Waals surface area (Å²) in [6, 6.07) is 0. The molecular formula is C10H17FO3. The Bertz CT molecular complexity index is 219. The lowest BCUT2D eigenvalue weighted by Gasteiger charge is -2.39. The highest BCUT2D eigenvalue weighted by atomic mass is 19.1. The van der Waals surface area contributed by atoms with Crippen molar-refractivity contribution in [3.63, 3.8) is 0 Å². The summed E-state index contributed by atoms with van der Waals surface area (Å²) in [5, 5.41) is 0. The van der Waals surface area contributed by atoms with Crippen LogP contribution in [0.5, 0.6) is 0 Å².